The molecule has 1 atom stereocenters. The number of amides is 1. The van der Waals surface area contributed by atoms with Gasteiger partial charge in [0.05, 0.1) is 7.11 Å². The average Bonchev–Trinajstić information content (AvgIpc) is 2.38. The van der Waals surface area contributed by atoms with E-state index < -0.39 is 0 Å². The molecule has 0 aliphatic rings. The highest BCUT2D eigenvalue weighted by molar-refractivity contribution is 5.85. The van der Waals surface area contributed by atoms with Gasteiger partial charge < -0.3 is 15.8 Å². The molecule has 114 valence electrons. The lowest BCUT2D eigenvalue weighted by molar-refractivity contribution is -0.122. The van der Waals surface area contributed by atoms with Gasteiger partial charge in [-0.15, -0.1) is 12.4 Å². The number of carbonyl (C=O) groups is 1. The Morgan fingerprint density at radius 2 is 1.90 bits per heavy atom. The molecule has 0 heterocycles. The topological polar surface area (TPSA) is 64.3 Å². The predicted octanol–water partition coefficient (Wildman–Crippen LogP) is 2.46. The van der Waals surface area contributed by atoms with E-state index >= 15 is 0 Å². The number of nitrogens with two attached hydrogens (primary N) is 1. The summed E-state index contributed by atoms with van der Waals surface area (Å²) in [5.41, 5.74) is 6.38. The van der Waals surface area contributed by atoms with E-state index in [1.54, 1.807) is 7.11 Å². The lowest BCUT2D eigenvalue weighted by Gasteiger charge is -2.25. The van der Waals surface area contributed by atoms with Gasteiger partial charge in [-0.05, 0) is 37.5 Å². The van der Waals surface area contributed by atoms with Crippen LogP contribution >= 0.6 is 12.4 Å². The number of halogens is 1. The van der Waals surface area contributed by atoms with Crippen molar-refractivity contribution in [3.63, 3.8) is 0 Å². The molecule has 1 aromatic carbocycles. The molecule has 0 aromatic heterocycles. The summed E-state index contributed by atoms with van der Waals surface area (Å²) in [6.45, 7) is 6.30. The molecule has 1 amide bonds. The van der Waals surface area contributed by atoms with Gasteiger partial charge in [0, 0.05) is 18.5 Å². The molecule has 0 bridgehead atoms. The molecule has 1 unspecified atom stereocenters. The molecule has 0 aliphatic heterocycles. The Balaban J connectivity index is 0.00000361. The van der Waals surface area contributed by atoms with Crippen LogP contribution in [0.2, 0.25) is 0 Å². The second-order valence-electron chi connectivity index (χ2n) is 5.51. The highest BCUT2D eigenvalue weighted by Crippen LogP contribution is 2.22. The highest BCUT2D eigenvalue weighted by atomic mass is 35.5. The Hall–Kier alpha value is -1.26. The molecule has 3 N–H and O–H groups in total. The van der Waals surface area contributed by atoms with Crippen molar-refractivity contribution in [1.82, 2.24) is 5.32 Å². The van der Waals surface area contributed by atoms with E-state index in [0.29, 0.717) is 13.0 Å². The van der Waals surface area contributed by atoms with Crippen molar-refractivity contribution in [1.29, 1.82) is 0 Å². The number of benzene rings is 1. The molecule has 5 heteroatoms. The van der Waals surface area contributed by atoms with E-state index in [4.69, 9.17) is 10.5 Å². The van der Waals surface area contributed by atoms with E-state index in [9.17, 15) is 4.79 Å². The monoisotopic (exact) mass is 300 g/mol. The van der Waals surface area contributed by atoms with Gasteiger partial charge in [0.25, 0.3) is 0 Å². The lowest BCUT2D eigenvalue weighted by atomic mass is 9.96. The fourth-order valence-electron chi connectivity index (χ4n) is 1.81. The molecule has 0 saturated heterocycles. The standard InChI is InChI=1S/C15H24N2O2.ClH/c1-11(9-14(18)17-15(2,3)10-16)12-5-7-13(19-4)8-6-12;/h5-8,11H,9-10,16H2,1-4H3,(H,17,18);1H. The van der Waals surface area contributed by atoms with Gasteiger partial charge in [0.2, 0.25) is 5.91 Å². The molecular weight excluding hydrogens is 276 g/mol. The van der Waals surface area contributed by atoms with Crippen molar-refractivity contribution in [2.45, 2.75) is 38.6 Å². The summed E-state index contributed by atoms with van der Waals surface area (Å²) < 4.78 is 5.12. The molecule has 1 aromatic rings. The first-order chi connectivity index (χ1) is 8.88. The third-order valence-corrected chi connectivity index (χ3v) is 3.16. The Morgan fingerprint density at radius 3 is 2.35 bits per heavy atom. The lowest BCUT2D eigenvalue weighted by Crippen LogP contribution is -2.49. The van der Waals surface area contributed by atoms with Crippen LogP contribution in [0.5, 0.6) is 5.75 Å². The van der Waals surface area contributed by atoms with Gasteiger partial charge in [-0.2, -0.15) is 0 Å². The van der Waals surface area contributed by atoms with Crippen LogP contribution in [0.25, 0.3) is 0 Å². The maximum absolute atomic E-state index is 11.9. The van der Waals surface area contributed by atoms with E-state index in [1.807, 2.05) is 45.0 Å². The Bertz CT molecular complexity index is 418. The number of rotatable bonds is 6. The number of nitrogens with one attached hydrogen (secondary N) is 1. The maximum atomic E-state index is 11.9. The average molecular weight is 301 g/mol. The zero-order chi connectivity index (χ0) is 14.5. The molecule has 20 heavy (non-hydrogen) atoms. The summed E-state index contributed by atoms with van der Waals surface area (Å²) in [6, 6.07) is 7.80. The van der Waals surface area contributed by atoms with Crippen LogP contribution in [0.15, 0.2) is 24.3 Å². The predicted molar refractivity (Wildman–Crippen MR) is 84.6 cm³/mol. The molecule has 0 spiro atoms. The summed E-state index contributed by atoms with van der Waals surface area (Å²) in [5, 5.41) is 2.94. The first kappa shape index (κ1) is 18.7. The van der Waals surface area contributed by atoms with E-state index in [-0.39, 0.29) is 29.8 Å². The van der Waals surface area contributed by atoms with Gasteiger partial charge in [0.15, 0.2) is 0 Å². The van der Waals surface area contributed by atoms with Crippen molar-refractivity contribution in [2.24, 2.45) is 5.73 Å². The van der Waals surface area contributed by atoms with Crippen LogP contribution in [0.1, 0.15) is 38.7 Å². The van der Waals surface area contributed by atoms with Crippen LogP contribution < -0.4 is 15.8 Å². The largest absolute Gasteiger partial charge is 0.497 e. The summed E-state index contributed by atoms with van der Waals surface area (Å²) >= 11 is 0. The fourth-order valence-corrected chi connectivity index (χ4v) is 1.81. The maximum Gasteiger partial charge on any atom is 0.221 e. The molecule has 0 radical (unpaired) electrons. The zero-order valence-electron chi connectivity index (χ0n) is 12.6. The van der Waals surface area contributed by atoms with Gasteiger partial charge in [0.1, 0.15) is 5.75 Å². The summed E-state index contributed by atoms with van der Waals surface area (Å²) in [4.78, 5) is 11.9. The quantitative estimate of drug-likeness (QED) is 0.848. The number of ether oxygens (including phenoxy) is 1. The molecule has 0 fully saturated rings. The van der Waals surface area contributed by atoms with Crippen molar-refractivity contribution >= 4 is 18.3 Å². The minimum Gasteiger partial charge on any atom is -0.497 e. The number of hydrogen-bond donors (Lipinski definition) is 2. The van der Waals surface area contributed by atoms with Crippen LogP contribution in [-0.4, -0.2) is 25.1 Å². The number of carbonyl (C=O) groups excluding carboxylic acids is 1. The van der Waals surface area contributed by atoms with E-state index in [2.05, 4.69) is 5.32 Å². The second kappa shape index (κ2) is 8.12. The Kier molecular flexibility index (Phi) is 7.61. The van der Waals surface area contributed by atoms with Gasteiger partial charge in [-0.1, -0.05) is 19.1 Å². The Morgan fingerprint density at radius 1 is 1.35 bits per heavy atom. The van der Waals surface area contributed by atoms with Crippen LogP contribution in [0.4, 0.5) is 0 Å². The second-order valence-corrected chi connectivity index (χ2v) is 5.51. The Labute approximate surface area is 127 Å². The normalized spacial score (nSPS) is 12.2. The minimum atomic E-state index is -0.350. The first-order valence-electron chi connectivity index (χ1n) is 6.53. The molecule has 0 aliphatic carbocycles. The zero-order valence-corrected chi connectivity index (χ0v) is 13.4. The third-order valence-electron chi connectivity index (χ3n) is 3.16. The van der Waals surface area contributed by atoms with Crippen molar-refractivity contribution in [2.75, 3.05) is 13.7 Å². The number of hydrogen-bond acceptors (Lipinski definition) is 3. The smallest absolute Gasteiger partial charge is 0.221 e. The third kappa shape index (κ3) is 5.80. The van der Waals surface area contributed by atoms with Crippen LogP contribution in [0.3, 0.4) is 0 Å². The molecule has 1 rings (SSSR count). The summed E-state index contributed by atoms with van der Waals surface area (Å²) in [7, 11) is 1.64. The van der Waals surface area contributed by atoms with Crippen LogP contribution in [-0.2, 0) is 4.79 Å². The van der Waals surface area contributed by atoms with Crippen LogP contribution in [0, 0.1) is 0 Å². The SMILES string of the molecule is COc1ccc(C(C)CC(=O)NC(C)(C)CN)cc1.Cl. The van der Waals surface area contributed by atoms with E-state index in [0.717, 1.165) is 11.3 Å². The molecular formula is C15H25ClN2O2. The van der Waals surface area contributed by atoms with Crippen molar-refractivity contribution < 1.29 is 9.53 Å². The fraction of sp³-hybridized carbons (Fsp3) is 0.533. The van der Waals surface area contributed by atoms with Crippen molar-refractivity contribution in [3.05, 3.63) is 29.8 Å². The first-order valence-corrected chi connectivity index (χ1v) is 6.53. The van der Waals surface area contributed by atoms with Gasteiger partial charge in [-0.25, -0.2) is 0 Å². The summed E-state index contributed by atoms with van der Waals surface area (Å²) in [6.07, 6.45) is 0.454. The van der Waals surface area contributed by atoms with Crippen molar-refractivity contribution in [3.8, 4) is 5.75 Å². The number of methoxy groups -OCH3 is 1. The summed E-state index contributed by atoms with van der Waals surface area (Å²) in [5.74, 6) is 1.02. The van der Waals surface area contributed by atoms with Gasteiger partial charge >= 0.3 is 0 Å². The highest BCUT2D eigenvalue weighted by Gasteiger charge is 2.20. The van der Waals surface area contributed by atoms with E-state index in [1.165, 1.54) is 0 Å². The molecule has 4 nitrogen and oxygen atoms in total. The van der Waals surface area contributed by atoms with Gasteiger partial charge in [-0.3, -0.25) is 4.79 Å². The minimum absolute atomic E-state index is 0. The molecule has 0 saturated carbocycles.